The number of hydrogen-bond acceptors (Lipinski definition) is 3. The lowest BCUT2D eigenvalue weighted by atomic mass is 9.94. The molecule has 26 heavy (non-hydrogen) atoms. The molecule has 0 radical (unpaired) electrons. The molecular weight excluding hydrogens is 328 g/mol. The Morgan fingerprint density at radius 1 is 1.27 bits per heavy atom. The SMILES string of the molecule is COc1cccc(NC(N)=NCC2CC(=O)N(C)C2c2ccccc2)c1. The minimum Gasteiger partial charge on any atom is -0.497 e. The molecule has 1 saturated heterocycles. The largest absolute Gasteiger partial charge is 0.497 e. The van der Waals surface area contributed by atoms with Crippen molar-refractivity contribution in [2.24, 2.45) is 16.6 Å². The van der Waals surface area contributed by atoms with Crippen LogP contribution in [0.15, 0.2) is 59.6 Å². The Kier molecular flexibility index (Phi) is 5.41. The van der Waals surface area contributed by atoms with Crippen molar-refractivity contribution < 1.29 is 9.53 Å². The van der Waals surface area contributed by atoms with E-state index >= 15 is 0 Å². The Bertz CT molecular complexity index is 791. The van der Waals surface area contributed by atoms with E-state index in [4.69, 9.17) is 10.5 Å². The van der Waals surface area contributed by atoms with Crippen molar-refractivity contribution in [3.63, 3.8) is 0 Å². The van der Waals surface area contributed by atoms with E-state index in [-0.39, 0.29) is 17.9 Å². The standard InChI is InChI=1S/C20H24N4O2/c1-24-18(25)11-15(19(24)14-7-4-3-5-8-14)13-22-20(21)23-16-9-6-10-17(12-16)26-2/h3-10,12,15,19H,11,13H2,1-2H3,(H3,21,22,23). The molecule has 0 aliphatic carbocycles. The fourth-order valence-corrected chi connectivity index (χ4v) is 3.37. The number of anilines is 1. The molecule has 0 bridgehead atoms. The smallest absolute Gasteiger partial charge is 0.223 e. The maximum Gasteiger partial charge on any atom is 0.223 e. The van der Waals surface area contributed by atoms with Crippen LogP contribution < -0.4 is 15.8 Å². The van der Waals surface area contributed by atoms with Crippen molar-refractivity contribution >= 4 is 17.6 Å². The van der Waals surface area contributed by atoms with Crippen LogP contribution in [0.1, 0.15) is 18.0 Å². The van der Waals surface area contributed by atoms with Crippen LogP contribution in [0.5, 0.6) is 5.75 Å². The van der Waals surface area contributed by atoms with E-state index in [1.54, 1.807) is 12.0 Å². The minimum absolute atomic E-state index is 0.0251. The zero-order valence-electron chi connectivity index (χ0n) is 15.1. The number of nitrogens with one attached hydrogen (secondary N) is 1. The number of nitrogens with zero attached hydrogens (tertiary/aromatic N) is 2. The number of nitrogens with two attached hydrogens (primary N) is 1. The van der Waals surface area contributed by atoms with Gasteiger partial charge in [0.15, 0.2) is 5.96 Å². The van der Waals surface area contributed by atoms with Gasteiger partial charge in [-0.3, -0.25) is 9.79 Å². The summed E-state index contributed by atoms with van der Waals surface area (Å²) < 4.78 is 5.20. The predicted octanol–water partition coefficient (Wildman–Crippen LogP) is 2.64. The lowest BCUT2D eigenvalue weighted by Gasteiger charge is -2.24. The number of rotatable bonds is 5. The van der Waals surface area contributed by atoms with E-state index in [0.29, 0.717) is 18.9 Å². The van der Waals surface area contributed by atoms with Gasteiger partial charge in [0.25, 0.3) is 0 Å². The minimum atomic E-state index is 0.0251. The molecule has 2 unspecified atom stereocenters. The third-order valence-corrected chi connectivity index (χ3v) is 4.67. The number of aliphatic imine (C=N–C) groups is 1. The lowest BCUT2D eigenvalue weighted by molar-refractivity contribution is -0.127. The third-order valence-electron chi connectivity index (χ3n) is 4.67. The van der Waals surface area contributed by atoms with E-state index in [9.17, 15) is 4.79 Å². The first-order valence-electron chi connectivity index (χ1n) is 8.60. The van der Waals surface area contributed by atoms with Crippen molar-refractivity contribution in [3.8, 4) is 5.75 Å². The Hall–Kier alpha value is -3.02. The number of likely N-dealkylation sites (tertiary alicyclic amines) is 1. The van der Waals surface area contributed by atoms with Crippen LogP contribution >= 0.6 is 0 Å². The number of benzene rings is 2. The van der Waals surface area contributed by atoms with E-state index in [0.717, 1.165) is 17.0 Å². The molecule has 6 heteroatoms. The zero-order valence-corrected chi connectivity index (χ0v) is 15.1. The van der Waals surface area contributed by atoms with Crippen molar-refractivity contribution in [1.82, 2.24) is 4.90 Å². The Morgan fingerprint density at radius 2 is 2.04 bits per heavy atom. The molecule has 0 saturated carbocycles. The number of amides is 1. The van der Waals surface area contributed by atoms with Gasteiger partial charge in [-0.15, -0.1) is 0 Å². The van der Waals surface area contributed by atoms with Gasteiger partial charge in [-0.05, 0) is 17.7 Å². The lowest BCUT2D eigenvalue weighted by Crippen LogP contribution is -2.27. The van der Waals surface area contributed by atoms with Crippen LogP contribution in [-0.4, -0.2) is 37.5 Å². The van der Waals surface area contributed by atoms with Gasteiger partial charge in [0, 0.05) is 37.7 Å². The molecule has 3 rings (SSSR count). The van der Waals surface area contributed by atoms with Crippen LogP contribution in [0.25, 0.3) is 0 Å². The summed E-state index contributed by atoms with van der Waals surface area (Å²) in [4.78, 5) is 18.5. The second-order valence-corrected chi connectivity index (χ2v) is 6.41. The van der Waals surface area contributed by atoms with Gasteiger partial charge in [0.2, 0.25) is 5.91 Å². The molecule has 2 aromatic rings. The van der Waals surface area contributed by atoms with Crippen molar-refractivity contribution in [3.05, 3.63) is 60.2 Å². The average Bonchev–Trinajstić information content (AvgIpc) is 2.95. The number of carbonyl (C=O) groups excluding carboxylic acids is 1. The molecule has 1 aliphatic rings. The summed E-state index contributed by atoms with van der Waals surface area (Å²) >= 11 is 0. The molecule has 1 fully saturated rings. The molecular formula is C20H24N4O2. The van der Waals surface area contributed by atoms with Crippen molar-refractivity contribution in [2.45, 2.75) is 12.5 Å². The van der Waals surface area contributed by atoms with Gasteiger partial charge >= 0.3 is 0 Å². The fourth-order valence-electron chi connectivity index (χ4n) is 3.37. The van der Waals surface area contributed by atoms with E-state index in [1.165, 1.54) is 0 Å². The number of carbonyl (C=O) groups is 1. The Balaban J connectivity index is 1.70. The molecule has 0 spiro atoms. The van der Waals surface area contributed by atoms with Gasteiger partial charge in [-0.2, -0.15) is 0 Å². The van der Waals surface area contributed by atoms with Gasteiger partial charge in [-0.25, -0.2) is 0 Å². The highest BCUT2D eigenvalue weighted by Gasteiger charge is 2.38. The van der Waals surface area contributed by atoms with Crippen LogP contribution in [-0.2, 0) is 4.79 Å². The molecule has 2 aromatic carbocycles. The summed E-state index contributed by atoms with van der Waals surface area (Å²) in [7, 11) is 3.47. The molecule has 2 atom stereocenters. The summed E-state index contributed by atoms with van der Waals surface area (Å²) in [5, 5.41) is 3.07. The molecule has 1 amide bonds. The van der Waals surface area contributed by atoms with Crippen molar-refractivity contribution in [1.29, 1.82) is 0 Å². The predicted molar refractivity (Wildman–Crippen MR) is 103 cm³/mol. The number of ether oxygens (including phenoxy) is 1. The van der Waals surface area contributed by atoms with E-state index in [1.807, 2.05) is 61.6 Å². The maximum absolute atomic E-state index is 12.2. The summed E-state index contributed by atoms with van der Waals surface area (Å²) in [5.41, 5.74) is 7.96. The fraction of sp³-hybridized carbons (Fsp3) is 0.300. The quantitative estimate of drug-likeness (QED) is 0.640. The van der Waals surface area contributed by atoms with Crippen LogP contribution in [0.3, 0.4) is 0 Å². The van der Waals surface area contributed by atoms with Gasteiger partial charge < -0.3 is 20.7 Å². The number of hydrogen-bond donors (Lipinski definition) is 2. The topological polar surface area (TPSA) is 80.0 Å². The molecule has 1 heterocycles. The summed E-state index contributed by atoms with van der Waals surface area (Å²) in [6.45, 7) is 0.485. The average molecular weight is 352 g/mol. The summed E-state index contributed by atoms with van der Waals surface area (Å²) in [6, 6.07) is 17.6. The maximum atomic E-state index is 12.2. The Morgan fingerprint density at radius 3 is 2.77 bits per heavy atom. The third kappa shape index (κ3) is 3.96. The highest BCUT2D eigenvalue weighted by atomic mass is 16.5. The molecule has 6 nitrogen and oxygen atoms in total. The van der Waals surface area contributed by atoms with Gasteiger partial charge in [0.1, 0.15) is 5.75 Å². The van der Waals surface area contributed by atoms with Gasteiger partial charge in [0.05, 0.1) is 13.2 Å². The van der Waals surface area contributed by atoms with Crippen LogP contribution in [0, 0.1) is 5.92 Å². The number of guanidine groups is 1. The highest BCUT2D eigenvalue weighted by Crippen LogP contribution is 2.36. The first-order valence-corrected chi connectivity index (χ1v) is 8.60. The van der Waals surface area contributed by atoms with Crippen molar-refractivity contribution in [2.75, 3.05) is 26.0 Å². The Labute approximate surface area is 153 Å². The van der Waals surface area contributed by atoms with E-state index < -0.39 is 0 Å². The summed E-state index contributed by atoms with van der Waals surface area (Å²) in [5.74, 6) is 1.31. The second kappa shape index (κ2) is 7.91. The first kappa shape index (κ1) is 17.8. The van der Waals surface area contributed by atoms with Crippen LogP contribution in [0.2, 0.25) is 0 Å². The van der Waals surface area contributed by atoms with E-state index in [2.05, 4.69) is 10.3 Å². The zero-order chi connectivity index (χ0) is 18.5. The number of methoxy groups -OCH3 is 1. The highest BCUT2D eigenvalue weighted by molar-refractivity contribution is 5.92. The van der Waals surface area contributed by atoms with Crippen LogP contribution in [0.4, 0.5) is 5.69 Å². The molecule has 1 aliphatic heterocycles. The first-order chi connectivity index (χ1) is 12.6. The molecule has 0 aromatic heterocycles. The van der Waals surface area contributed by atoms with Gasteiger partial charge in [-0.1, -0.05) is 36.4 Å². The molecule has 3 N–H and O–H groups in total. The normalized spacial score (nSPS) is 20.3. The second-order valence-electron chi connectivity index (χ2n) is 6.41. The summed E-state index contributed by atoms with van der Waals surface area (Å²) in [6.07, 6.45) is 0.478. The monoisotopic (exact) mass is 352 g/mol. The molecule has 136 valence electrons.